The average molecular weight is 292 g/mol. The Morgan fingerprint density at radius 2 is 1.90 bits per heavy atom. The van der Waals surface area contributed by atoms with Gasteiger partial charge in [-0.1, -0.05) is 0 Å². The maximum atomic E-state index is 11.9. The summed E-state index contributed by atoms with van der Waals surface area (Å²) in [6.45, 7) is 9.86. The van der Waals surface area contributed by atoms with Gasteiger partial charge in [-0.2, -0.15) is 0 Å². The van der Waals surface area contributed by atoms with E-state index in [0.29, 0.717) is 5.46 Å². The number of carbonyl (C=O) groups is 1. The summed E-state index contributed by atoms with van der Waals surface area (Å²) in [4.78, 5) is 15.9. The molecule has 0 aromatic carbocycles. The Morgan fingerprint density at radius 1 is 1.33 bits per heavy atom. The number of nitrogens with two attached hydrogens (primary N) is 1. The molecule has 1 aromatic heterocycles. The van der Waals surface area contributed by atoms with Crippen molar-refractivity contribution in [2.75, 3.05) is 12.3 Å². The largest absolute Gasteiger partial charge is 0.496 e. The number of aromatic nitrogens is 1. The van der Waals surface area contributed by atoms with E-state index in [2.05, 4.69) is 4.98 Å². The van der Waals surface area contributed by atoms with Crippen molar-refractivity contribution in [2.45, 2.75) is 45.8 Å². The van der Waals surface area contributed by atoms with Gasteiger partial charge in [0.2, 0.25) is 0 Å². The van der Waals surface area contributed by atoms with Gasteiger partial charge in [-0.25, -0.2) is 9.78 Å². The topological polar surface area (TPSA) is 83.7 Å². The van der Waals surface area contributed by atoms with Gasteiger partial charge in [-0.3, -0.25) is 0 Å². The fourth-order valence-corrected chi connectivity index (χ4v) is 1.97. The Balaban J connectivity index is 2.31. The van der Waals surface area contributed by atoms with Crippen LogP contribution in [0.1, 0.15) is 45.0 Å². The molecule has 21 heavy (non-hydrogen) atoms. The minimum Gasteiger partial charge on any atom is -0.462 e. The third kappa shape index (κ3) is 2.89. The van der Waals surface area contributed by atoms with Crippen molar-refractivity contribution in [1.29, 1.82) is 0 Å². The zero-order valence-electron chi connectivity index (χ0n) is 13.1. The molecule has 114 valence electrons. The van der Waals surface area contributed by atoms with Crippen molar-refractivity contribution in [3.05, 3.63) is 17.8 Å². The highest BCUT2D eigenvalue weighted by Gasteiger charge is 2.52. The zero-order chi connectivity index (χ0) is 15.8. The molecule has 0 amide bonds. The molecule has 7 heteroatoms. The molecule has 2 N–H and O–H groups in total. The highest BCUT2D eigenvalue weighted by molar-refractivity contribution is 6.62. The van der Waals surface area contributed by atoms with Crippen molar-refractivity contribution in [1.82, 2.24) is 4.98 Å². The number of hydrogen-bond donors (Lipinski definition) is 1. The van der Waals surface area contributed by atoms with Gasteiger partial charge in [0.15, 0.2) is 0 Å². The lowest BCUT2D eigenvalue weighted by atomic mass is 9.79. The standard InChI is InChI=1S/C14H21BN2O4/c1-6-19-12(18)10-7-9(8-17-11(10)16)15-20-13(2,3)14(4,5)21-15/h7-8H,6H2,1-5H3,(H2,16,17). The predicted octanol–water partition coefficient (Wildman–Crippen LogP) is 1.14. The molecule has 6 nitrogen and oxygen atoms in total. The van der Waals surface area contributed by atoms with Crippen molar-refractivity contribution in [2.24, 2.45) is 0 Å². The van der Waals surface area contributed by atoms with Crippen molar-refractivity contribution >= 4 is 24.4 Å². The third-order valence-electron chi connectivity index (χ3n) is 3.96. The molecule has 1 fully saturated rings. The SMILES string of the molecule is CCOC(=O)c1cc(B2OC(C)(C)C(C)(C)O2)cnc1N. The minimum atomic E-state index is -0.587. The molecule has 0 spiro atoms. The number of carbonyl (C=O) groups excluding carboxylic acids is 1. The molecule has 0 unspecified atom stereocenters. The number of hydrogen-bond acceptors (Lipinski definition) is 6. The first-order valence-electron chi connectivity index (χ1n) is 6.96. The molecular weight excluding hydrogens is 271 g/mol. The van der Waals surface area contributed by atoms with Crippen LogP contribution in [0.15, 0.2) is 12.3 Å². The highest BCUT2D eigenvalue weighted by Crippen LogP contribution is 2.36. The van der Waals surface area contributed by atoms with Crippen LogP contribution in [0.25, 0.3) is 0 Å². The van der Waals surface area contributed by atoms with E-state index in [-0.39, 0.29) is 18.0 Å². The smallest absolute Gasteiger partial charge is 0.462 e. The van der Waals surface area contributed by atoms with E-state index in [1.54, 1.807) is 19.2 Å². The Hall–Kier alpha value is -1.60. The lowest BCUT2D eigenvalue weighted by Gasteiger charge is -2.32. The molecule has 1 saturated heterocycles. The molecule has 0 saturated carbocycles. The van der Waals surface area contributed by atoms with E-state index in [4.69, 9.17) is 19.8 Å². The van der Waals surface area contributed by atoms with Gasteiger partial charge in [-0.15, -0.1) is 0 Å². The summed E-state index contributed by atoms with van der Waals surface area (Å²) in [5.74, 6) is -0.366. The minimum absolute atomic E-state index is 0.133. The number of nitrogens with zero attached hydrogens (tertiary/aromatic N) is 1. The molecule has 0 radical (unpaired) electrons. The van der Waals surface area contributed by atoms with E-state index >= 15 is 0 Å². The van der Waals surface area contributed by atoms with E-state index in [9.17, 15) is 4.79 Å². The molecule has 1 aliphatic rings. The first-order chi connectivity index (χ1) is 9.68. The third-order valence-corrected chi connectivity index (χ3v) is 3.96. The first kappa shape index (κ1) is 15.8. The molecule has 0 bridgehead atoms. The van der Waals surface area contributed by atoms with E-state index in [0.717, 1.165) is 0 Å². The van der Waals surface area contributed by atoms with Crippen LogP contribution >= 0.6 is 0 Å². The fraction of sp³-hybridized carbons (Fsp3) is 0.571. The first-order valence-corrected chi connectivity index (χ1v) is 6.96. The Morgan fingerprint density at radius 3 is 2.43 bits per heavy atom. The van der Waals surface area contributed by atoms with Crippen molar-refractivity contribution < 1.29 is 18.8 Å². The number of anilines is 1. The van der Waals surface area contributed by atoms with Gasteiger partial charge in [0, 0.05) is 11.7 Å². The number of ether oxygens (including phenoxy) is 1. The number of pyridine rings is 1. The second kappa shape index (κ2) is 5.31. The molecule has 1 aliphatic heterocycles. The summed E-state index contributed by atoms with van der Waals surface area (Å²) in [5.41, 5.74) is 5.69. The van der Waals surface area contributed by atoms with Crippen LogP contribution in [-0.2, 0) is 14.0 Å². The maximum Gasteiger partial charge on any atom is 0.496 e. The monoisotopic (exact) mass is 292 g/mol. The molecule has 2 heterocycles. The summed E-state index contributed by atoms with van der Waals surface area (Å²) < 4.78 is 16.8. The summed E-state index contributed by atoms with van der Waals surface area (Å²) >= 11 is 0. The highest BCUT2D eigenvalue weighted by atomic mass is 16.7. The van der Waals surface area contributed by atoms with Crippen LogP contribution in [0.5, 0.6) is 0 Å². The van der Waals surface area contributed by atoms with Gasteiger partial charge in [0.25, 0.3) is 0 Å². The summed E-state index contributed by atoms with van der Waals surface area (Å²) in [7, 11) is -0.587. The molecule has 0 atom stereocenters. The van der Waals surface area contributed by atoms with Crippen molar-refractivity contribution in [3.63, 3.8) is 0 Å². The van der Waals surface area contributed by atoms with Crippen LogP contribution in [0.2, 0.25) is 0 Å². The lowest BCUT2D eigenvalue weighted by molar-refractivity contribution is 0.00578. The normalized spacial score (nSPS) is 19.6. The lowest BCUT2D eigenvalue weighted by Crippen LogP contribution is -2.41. The van der Waals surface area contributed by atoms with Crippen LogP contribution in [0.4, 0.5) is 5.82 Å². The number of rotatable bonds is 3. The molecule has 1 aromatic rings. The van der Waals surface area contributed by atoms with Gasteiger partial charge >= 0.3 is 13.1 Å². The van der Waals surface area contributed by atoms with Gasteiger partial charge in [-0.05, 0) is 40.7 Å². The summed E-state index contributed by atoms with van der Waals surface area (Å²) in [6, 6.07) is 1.61. The number of nitrogen functional groups attached to an aromatic ring is 1. The Bertz CT molecular complexity index is 544. The van der Waals surface area contributed by atoms with Gasteiger partial charge in [0.05, 0.1) is 17.8 Å². The maximum absolute atomic E-state index is 11.9. The quantitative estimate of drug-likeness (QED) is 0.664. The second-order valence-corrected chi connectivity index (χ2v) is 6.01. The van der Waals surface area contributed by atoms with E-state index in [1.165, 1.54) is 0 Å². The fourth-order valence-electron chi connectivity index (χ4n) is 1.97. The molecule has 0 aliphatic carbocycles. The van der Waals surface area contributed by atoms with Crippen LogP contribution < -0.4 is 11.2 Å². The Kier molecular flexibility index (Phi) is 3.99. The van der Waals surface area contributed by atoms with E-state index in [1.807, 2.05) is 27.7 Å². The van der Waals surface area contributed by atoms with Crippen LogP contribution in [0.3, 0.4) is 0 Å². The Labute approximate surface area is 125 Å². The molecule has 2 rings (SSSR count). The zero-order valence-corrected chi connectivity index (χ0v) is 13.1. The van der Waals surface area contributed by atoms with Gasteiger partial charge in [0.1, 0.15) is 11.4 Å². The second-order valence-electron chi connectivity index (χ2n) is 6.01. The average Bonchev–Trinajstić information content (AvgIpc) is 2.59. The summed E-state index contributed by atoms with van der Waals surface area (Å²) in [6.07, 6.45) is 1.56. The molecular formula is C14H21BN2O4. The van der Waals surface area contributed by atoms with Crippen LogP contribution in [-0.4, -0.2) is 35.9 Å². The predicted molar refractivity (Wildman–Crippen MR) is 80.3 cm³/mol. The number of esters is 1. The summed E-state index contributed by atoms with van der Waals surface area (Å²) in [5, 5.41) is 0. The van der Waals surface area contributed by atoms with E-state index < -0.39 is 24.3 Å². The van der Waals surface area contributed by atoms with Gasteiger partial charge < -0.3 is 19.8 Å². The van der Waals surface area contributed by atoms with Crippen molar-refractivity contribution in [3.8, 4) is 0 Å². The van der Waals surface area contributed by atoms with Crippen LogP contribution in [0, 0.1) is 0 Å².